The summed E-state index contributed by atoms with van der Waals surface area (Å²) in [6, 6.07) is 20.2. The van der Waals surface area contributed by atoms with Crippen molar-refractivity contribution in [1.29, 1.82) is 5.26 Å². The maximum Gasteiger partial charge on any atom is 0.416 e. The van der Waals surface area contributed by atoms with Gasteiger partial charge in [-0.15, -0.1) is 0 Å². The first-order valence-electron chi connectivity index (χ1n) is 17.7. The largest absolute Gasteiger partial charge is 0.744 e. The first kappa shape index (κ1) is 42.1. The molecule has 1 N–H and O–H groups in total. The molecule has 18 heteroatoms. The van der Waals surface area contributed by atoms with Gasteiger partial charge in [0.1, 0.15) is 27.4 Å². The van der Waals surface area contributed by atoms with Crippen LogP contribution in [0.4, 0.5) is 13.2 Å². The minimum Gasteiger partial charge on any atom is -0.744 e. The van der Waals surface area contributed by atoms with Gasteiger partial charge in [0.15, 0.2) is 0 Å². The van der Waals surface area contributed by atoms with Crippen molar-refractivity contribution in [3.63, 3.8) is 0 Å². The van der Waals surface area contributed by atoms with Crippen molar-refractivity contribution < 1.29 is 45.0 Å². The molecule has 3 heterocycles. The number of alkyl halides is 3. The molecule has 6 rings (SSSR count). The standard InChI is InChI=1S/C33H34F3N7O4.C6H6O3S/c1-21(32(46)47-20-23-13-16-43(3,4)17-14-23)39-30(44)28-29(27-12-15-38-41(27)25-10-8-22(19-37)9-11-25)40(2)42(31(28)45)26-7-5-6-24(18-26)33(34,35)36;7-10(8,9)6-4-2-1-3-5-6/h5-12,15,18,21,23H,13-14,16-17,20H2,1-4H3;1-5H,(H,7,8,9)/t21-;/m0./s1. The van der Waals surface area contributed by atoms with Gasteiger partial charge in [0.2, 0.25) is 0 Å². The Labute approximate surface area is 326 Å². The maximum atomic E-state index is 14.0. The Morgan fingerprint density at radius 1 is 1.02 bits per heavy atom. The highest BCUT2D eigenvalue weighted by Gasteiger charge is 2.34. The molecule has 1 atom stereocenters. The Bertz CT molecular complexity index is 2440. The number of esters is 1. The number of halogens is 3. The molecule has 1 aliphatic rings. The lowest BCUT2D eigenvalue weighted by molar-refractivity contribution is -0.896. The zero-order chi connectivity index (χ0) is 41.7. The van der Waals surface area contributed by atoms with Crippen LogP contribution in [0.1, 0.15) is 41.3 Å². The second-order valence-electron chi connectivity index (χ2n) is 14.1. The summed E-state index contributed by atoms with van der Waals surface area (Å²) in [7, 11) is 1.48. The van der Waals surface area contributed by atoms with Crippen LogP contribution in [-0.4, -0.2) is 88.3 Å². The summed E-state index contributed by atoms with van der Waals surface area (Å²) in [5.74, 6) is -1.38. The number of ether oxygens (including phenoxy) is 1. The molecule has 14 nitrogen and oxygen atoms in total. The number of benzene rings is 3. The van der Waals surface area contributed by atoms with Crippen molar-refractivity contribution in [1.82, 2.24) is 24.5 Å². The van der Waals surface area contributed by atoms with Gasteiger partial charge in [0.25, 0.3) is 11.5 Å². The van der Waals surface area contributed by atoms with Crippen LogP contribution in [0, 0.1) is 17.2 Å². The zero-order valence-electron chi connectivity index (χ0n) is 31.4. The van der Waals surface area contributed by atoms with Gasteiger partial charge in [-0.25, -0.2) is 22.6 Å². The van der Waals surface area contributed by atoms with E-state index in [1.54, 1.807) is 36.4 Å². The van der Waals surface area contributed by atoms with Gasteiger partial charge < -0.3 is 19.1 Å². The van der Waals surface area contributed by atoms with Crippen LogP contribution < -0.4 is 10.9 Å². The number of nitrogens with one attached hydrogen (secondary N) is 1. The molecule has 1 saturated heterocycles. The molecule has 0 aliphatic carbocycles. The number of carbonyl (C=O) groups is 2. The topological polar surface area (TPSA) is 181 Å². The fraction of sp³-hybridized carbons (Fsp3) is 0.308. The highest BCUT2D eigenvalue weighted by molar-refractivity contribution is 7.85. The Morgan fingerprint density at radius 3 is 2.25 bits per heavy atom. The monoisotopic (exact) mass is 807 g/mol. The van der Waals surface area contributed by atoms with Gasteiger partial charge in [-0.2, -0.15) is 23.5 Å². The van der Waals surface area contributed by atoms with Gasteiger partial charge in [-0.3, -0.25) is 14.3 Å². The van der Waals surface area contributed by atoms with Gasteiger partial charge in [0, 0.05) is 25.8 Å². The first-order chi connectivity index (χ1) is 26.8. The summed E-state index contributed by atoms with van der Waals surface area (Å²) >= 11 is 0. The number of aromatic nitrogens is 4. The third-order valence-corrected chi connectivity index (χ3v) is 10.4. The Morgan fingerprint density at radius 2 is 1.67 bits per heavy atom. The maximum absolute atomic E-state index is 14.0. The lowest BCUT2D eigenvalue weighted by atomic mass is 9.97. The van der Waals surface area contributed by atoms with Gasteiger partial charge in [-0.05, 0) is 67.6 Å². The van der Waals surface area contributed by atoms with Crippen LogP contribution in [-0.2, 0) is 32.9 Å². The molecule has 1 amide bonds. The van der Waals surface area contributed by atoms with E-state index >= 15 is 0 Å². The number of piperidine rings is 1. The molecule has 0 saturated carbocycles. The van der Waals surface area contributed by atoms with E-state index in [9.17, 15) is 45.8 Å². The van der Waals surface area contributed by atoms with E-state index in [1.165, 1.54) is 65.9 Å². The van der Waals surface area contributed by atoms with E-state index < -0.39 is 50.9 Å². The molecule has 1 aliphatic heterocycles. The number of carbonyl (C=O) groups excluding carboxylic acids is 2. The summed E-state index contributed by atoms with van der Waals surface area (Å²) in [6.45, 7) is 3.57. The molecule has 300 valence electrons. The minimum absolute atomic E-state index is 0.0373. The molecule has 0 bridgehead atoms. The van der Waals surface area contributed by atoms with Crippen molar-refractivity contribution in [2.45, 2.75) is 36.9 Å². The van der Waals surface area contributed by atoms with Crippen LogP contribution in [0.5, 0.6) is 0 Å². The highest BCUT2D eigenvalue weighted by atomic mass is 32.2. The number of likely N-dealkylation sites (tertiary alicyclic amines) is 1. The number of quaternary nitrogens is 1. The Hall–Kier alpha value is -6.03. The second kappa shape index (κ2) is 17.0. The first-order valence-corrected chi connectivity index (χ1v) is 19.1. The number of hydrogen-bond acceptors (Lipinski definition) is 9. The summed E-state index contributed by atoms with van der Waals surface area (Å²) in [5, 5.41) is 16.1. The zero-order valence-corrected chi connectivity index (χ0v) is 32.3. The molecule has 5 aromatic rings. The summed E-state index contributed by atoms with van der Waals surface area (Å²) in [5.41, 5.74) is -1.22. The molecule has 57 heavy (non-hydrogen) atoms. The quantitative estimate of drug-likeness (QED) is 0.126. The number of amides is 1. The fourth-order valence-electron chi connectivity index (χ4n) is 6.30. The van der Waals surface area contributed by atoms with Crippen molar-refractivity contribution in [2.24, 2.45) is 13.0 Å². The Balaban J connectivity index is 0.000000540. The fourth-order valence-corrected chi connectivity index (χ4v) is 6.79. The van der Waals surface area contributed by atoms with E-state index in [4.69, 9.17) is 4.74 Å². The summed E-state index contributed by atoms with van der Waals surface area (Å²) in [4.78, 5) is 40.6. The molecule has 0 radical (unpaired) electrons. The highest BCUT2D eigenvalue weighted by Crippen LogP contribution is 2.31. The molecule has 0 spiro atoms. The molecule has 2 aromatic heterocycles. The lowest BCUT2D eigenvalue weighted by Gasteiger charge is -2.37. The van der Waals surface area contributed by atoms with Crippen LogP contribution in [0.15, 0.2) is 101 Å². The van der Waals surface area contributed by atoms with Gasteiger partial charge in [-0.1, -0.05) is 24.3 Å². The van der Waals surface area contributed by atoms with Crippen LogP contribution in [0.2, 0.25) is 0 Å². The lowest BCUT2D eigenvalue weighted by Crippen LogP contribution is -2.47. The van der Waals surface area contributed by atoms with E-state index in [0.717, 1.165) is 47.2 Å². The predicted molar refractivity (Wildman–Crippen MR) is 200 cm³/mol. The predicted octanol–water partition coefficient (Wildman–Crippen LogP) is 4.66. The van der Waals surface area contributed by atoms with Crippen molar-refractivity contribution in [3.8, 4) is 28.8 Å². The molecule has 0 unspecified atom stereocenters. The molecule has 1 fully saturated rings. The average molecular weight is 808 g/mol. The summed E-state index contributed by atoms with van der Waals surface area (Å²) < 4.78 is 81.8. The molecular weight excluding hydrogens is 768 g/mol. The summed E-state index contributed by atoms with van der Waals surface area (Å²) in [6.07, 6.45) is -1.44. The van der Waals surface area contributed by atoms with Gasteiger partial charge in [0.05, 0.1) is 79.1 Å². The van der Waals surface area contributed by atoms with E-state index in [1.807, 2.05) is 6.07 Å². The van der Waals surface area contributed by atoms with Crippen LogP contribution in [0.25, 0.3) is 22.8 Å². The number of nitrogens with zero attached hydrogens (tertiary/aromatic N) is 6. The molecule has 3 aromatic carbocycles. The van der Waals surface area contributed by atoms with Crippen molar-refractivity contribution >= 4 is 22.0 Å². The number of hydrogen-bond donors (Lipinski definition) is 1. The van der Waals surface area contributed by atoms with E-state index in [0.29, 0.717) is 11.3 Å². The minimum atomic E-state index is -4.68. The SMILES string of the molecule is C[C@H](NC(=O)c1c(-c2ccnn2-c2ccc(C#N)cc2)n(C)n(-c2cccc(C(F)(F)F)c2)c1=O)C(=O)OCC1CC[N+](C)(C)CC1.O=S(=O)([O-])c1ccccc1. The molecular formula is C39H40F3N7O7S. The van der Waals surface area contributed by atoms with E-state index in [-0.39, 0.29) is 34.5 Å². The van der Waals surface area contributed by atoms with Crippen LogP contribution in [0.3, 0.4) is 0 Å². The average Bonchev–Trinajstić information content (AvgIpc) is 3.75. The van der Waals surface area contributed by atoms with E-state index in [2.05, 4.69) is 24.5 Å². The number of nitriles is 1. The van der Waals surface area contributed by atoms with Crippen molar-refractivity contribution in [3.05, 3.63) is 118 Å². The normalized spacial score (nSPS) is 14.8. The third kappa shape index (κ3) is 10.0. The van der Waals surface area contributed by atoms with Gasteiger partial charge >= 0.3 is 12.1 Å². The van der Waals surface area contributed by atoms with Crippen molar-refractivity contribution in [2.75, 3.05) is 33.8 Å². The van der Waals surface area contributed by atoms with Crippen LogP contribution >= 0.6 is 0 Å². The third-order valence-electron chi connectivity index (χ3n) is 9.52. The second-order valence-corrected chi connectivity index (χ2v) is 15.5. The smallest absolute Gasteiger partial charge is 0.416 e. The number of rotatable bonds is 9. The Kier molecular flexibility index (Phi) is 12.6.